The highest BCUT2D eigenvalue weighted by molar-refractivity contribution is 6.03. The standard InChI is InChI=1S/C11H10N2O2/c1-6-7(2)13-9-5-12-4-3-8(9)10(6)11(14)15/h3-5H,1-2H3,(H,14,15). The van der Waals surface area contributed by atoms with Gasteiger partial charge in [0.1, 0.15) is 0 Å². The molecule has 0 aliphatic rings. The smallest absolute Gasteiger partial charge is 0.336 e. The maximum Gasteiger partial charge on any atom is 0.336 e. The number of aromatic nitrogens is 2. The van der Waals surface area contributed by atoms with E-state index in [0.29, 0.717) is 22.0 Å². The molecule has 0 saturated heterocycles. The normalized spacial score (nSPS) is 10.5. The van der Waals surface area contributed by atoms with Crippen LogP contribution in [0.3, 0.4) is 0 Å². The Morgan fingerprint density at radius 2 is 2.13 bits per heavy atom. The lowest BCUT2D eigenvalue weighted by Crippen LogP contribution is -2.04. The number of aryl methyl sites for hydroxylation is 1. The van der Waals surface area contributed by atoms with E-state index in [2.05, 4.69) is 9.97 Å². The minimum Gasteiger partial charge on any atom is -0.478 e. The molecule has 4 heteroatoms. The summed E-state index contributed by atoms with van der Waals surface area (Å²) in [5, 5.41) is 9.78. The summed E-state index contributed by atoms with van der Waals surface area (Å²) in [4.78, 5) is 19.4. The molecule has 0 bridgehead atoms. The van der Waals surface area contributed by atoms with Crippen LogP contribution in [-0.2, 0) is 0 Å². The summed E-state index contributed by atoms with van der Waals surface area (Å²) < 4.78 is 0. The largest absolute Gasteiger partial charge is 0.478 e. The molecule has 0 spiro atoms. The van der Waals surface area contributed by atoms with Crippen LogP contribution in [0, 0.1) is 13.8 Å². The summed E-state index contributed by atoms with van der Waals surface area (Å²) in [6, 6.07) is 1.68. The summed E-state index contributed by atoms with van der Waals surface area (Å²) >= 11 is 0. The van der Waals surface area contributed by atoms with E-state index in [1.165, 1.54) is 0 Å². The number of pyridine rings is 2. The number of hydrogen-bond donors (Lipinski definition) is 1. The van der Waals surface area contributed by atoms with Gasteiger partial charge in [0.15, 0.2) is 0 Å². The first-order valence-electron chi connectivity index (χ1n) is 4.55. The summed E-state index contributed by atoms with van der Waals surface area (Å²) in [5.74, 6) is -0.922. The van der Waals surface area contributed by atoms with Crippen LogP contribution in [0.1, 0.15) is 21.6 Å². The average molecular weight is 202 g/mol. The Morgan fingerprint density at radius 1 is 1.40 bits per heavy atom. The number of aromatic carboxylic acids is 1. The molecular formula is C11H10N2O2. The number of nitrogens with zero attached hydrogens (tertiary/aromatic N) is 2. The minimum atomic E-state index is -0.922. The van der Waals surface area contributed by atoms with E-state index in [4.69, 9.17) is 5.11 Å². The number of carboxylic acid groups (broad SMARTS) is 1. The van der Waals surface area contributed by atoms with E-state index < -0.39 is 5.97 Å². The van der Waals surface area contributed by atoms with Gasteiger partial charge in [-0.1, -0.05) is 0 Å². The van der Waals surface area contributed by atoms with Gasteiger partial charge in [-0.05, 0) is 25.5 Å². The van der Waals surface area contributed by atoms with Crippen molar-refractivity contribution < 1.29 is 9.90 Å². The van der Waals surface area contributed by atoms with E-state index in [1.807, 2.05) is 0 Å². The average Bonchev–Trinajstić information content (AvgIpc) is 2.19. The molecule has 15 heavy (non-hydrogen) atoms. The summed E-state index contributed by atoms with van der Waals surface area (Å²) in [7, 11) is 0. The van der Waals surface area contributed by atoms with E-state index in [0.717, 1.165) is 5.69 Å². The molecular weight excluding hydrogens is 192 g/mol. The Balaban J connectivity index is 2.95. The maximum absolute atomic E-state index is 11.1. The third kappa shape index (κ3) is 1.44. The van der Waals surface area contributed by atoms with Crippen LogP contribution in [0.2, 0.25) is 0 Å². The third-order valence-corrected chi connectivity index (χ3v) is 2.49. The number of fused-ring (bicyclic) bond motifs is 1. The van der Waals surface area contributed by atoms with Crippen molar-refractivity contribution in [3.63, 3.8) is 0 Å². The van der Waals surface area contributed by atoms with Crippen molar-refractivity contribution in [3.05, 3.63) is 35.3 Å². The monoisotopic (exact) mass is 202 g/mol. The fourth-order valence-corrected chi connectivity index (χ4v) is 1.61. The van der Waals surface area contributed by atoms with Crippen molar-refractivity contribution in [2.75, 3.05) is 0 Å². The van der Waals surface area contributed by atoms with Crippen LogP contribution in [0.25, 0.3) is 10.9 Å². The lowest BCUT2D eigenvalue weighted by Gasteiger charge is -2.07. The van der Waals surface area contributed by atoms with Gasteiger partial charge in [0, 0.05) is 17.3 Å². The van der Waals surface area contributed by atoms with Gasteiger partial charge in [-0.15, -0.1) is 0 Å². The predicted octanol–water partition coefficient (Wildman–Crippen LogP) is 1.94. The molecule has 0 atom stereocenters. The molecule has 2 aromatic heterocycles. The van der Waals surface area contributed by atoms with Crippen molar-refractivity contribution in [1.29, 1.82) is 0 Å². The Bertz CT molecular complexity index is 550. The Morgan fingerprint density at radius 3 is 2.80 bits per heavy atom. The number of rotatable bonds is 1. The van der Waals surface area contributed by atoms with Gasteiger partial charge in [-0.2, -0.15) is 0 Å². The molecule has 2 rings (SSSR count). The Kier molecular flexibility index (Phi) is 2.11. The zero-order valence-corrected chi connectivity index (χ0v) is 8.48. The van der Waals surface area contributed by atoms with Gasteiger partial charge in [-0.3, -0.25) is 9.97 Å². The molecule has 76 valence electrons. The molecule has 0 radical (unpaired) electrons. The molecule has 1 N–H and O–H groups in total. The molecule has 0 fully saturated rings. The quantitative estimate of drug-likeness (QED) is 0.767. The zero-order valence-electron chi connectivity index (χ0n) is 8.48. The first-order chi connectivity index (χ1) is 7.11. The molecule has 2 aromatic rings. The fourth-order valence-electron chi connectivity index (χ4n) is 1.61. The van der Waals surface area contributed by atoms with Gasteiger partial charge < -0.3 is 5.11 Å². The molecule has 2 heterocycles. The highest BCUT2D eigenvalue weighted by atomic mass is 16.4. The first kappa shape index (κ1) is 9.58. The minimum absolute atomic E-state index is 0.319. The van der Waals surface area contributed by atoms with Gasteiger partial charge in [-0.25, -0.2) is 4.79 Å². The molecule has 0 aliphatic heterocycles. The van der Waals surface area contributed by atoms with Crippen molar-refractivity contribution in [1.82, 2.24) is 9.97 Å². The van der Waals surface area contributed by atoms with Crippen molar-refractivity contribution >= 4 is 16.9 Å². The second kappa shape index (κ2) is 3.31. The first-order valence-corrected chi connectivity index (χ1v) is 4.55. The van der Waals surface area contributed by atoms with Crippen LogP contribution >= 0.6 is 0 Å². The van der Waals surface area contributed by atoms with Gasteiger partial charge >= 0.3 is 5.97 Å². The molecule has 0 aliphatic carbocycles. The van der Waals surface area contributed by atoms with E-state index >= 15 is 0 Å². The second-order valence-corrected chi connectivity index (χ2v) is 3.40. The van der Waals surface area contributed by atoms with Crippen molar-refractivity contribution in [3.8, 4) is 0 Å². The van der Waals surface area contributed by atoms with Gasteiger partial charge in [0.25, 0.3) is 0 Å². The topological polar surface area (TPSA) is 63.1 Å². The molecule has 0 saturated carbocycles. The Hall–Kier alpha value is -1.97. The lowest BCUT2D eigenvalue weighted by molar-refractivity contribution is 0.0698. The van der Waals surface area contributed by atoms with Crippen molar-refractivity contribution in [2.24, 2.45) is 0 Å². The number of carbonyl (C=O) groups is 1. The van der Waals surface area contributed by atoms with Crippen LogP contribution in [0.5, 0.6) is 0 Å². The molecule has 0 aromatic carbocycles. The molecule has 4 nitrogen and oxygen atoms in total. The summed E-state index contributed by atoms with van der Waals surface area (Å²) in [5.41, 5.74) is 2.38. The van der Waals surface area contributed by atoms with Gasteiger partial charge in [0.05, 0.1) is 17.3 Å². The molecule has 0 amide bonds. The number of hydrogen-bond acceptors (Lipinski definition) is 3. The summed E-state index contributed by atoms with van der Waals surface area (Å²) in [6.07, 6.45) is 3.15. The predicted molar refractivity (Wildman–Crippen MR) is 56.0 cm³/mol. The summed E-state index contributed by atoms with van der Waals surface area (Å²) in [6.45, 7) is 3.57. The highest BCUT2D eigenvalue weighted by Gasteiger charge is 2.14. The third-order valence-electron chi connectivity index (χ3n) is 2.49. The number of carboxylic acids is 1. The van der Waals surface area contributed by atoms with E-state index in [1.54, 1.807) is 32.3 Å². The van der Waals surface area contributed by atoms with E-state index in [9.17, 15) is 4.79 Å². The second-order valence-electron chi connectivity index (χ2n) is 3.40. The zero-order chi connectivity index (χ0) is 11.0. The van der Waals surface area contributed by atoms with E-state index in [-0.39, 0.29) is 0 Å². The van der Waals surface area contributed by atoms with Crippen molar-refractivity contribution in [2.45, 2.75) is 13.8 Å². The fraction of sp³-hybridized carbons (Fsp3) is 0.182. The van der Waals surface area contributed by atoms with Crippen LogP contribution in [-0.4, -0.2) is 21.0 Å². The Labute approximate surface area is 86.6 Å². The maximum atomic E-state index is 11.1. The SMILES string of the molecule is Cc1nc2cnccc2c(C(=O)O)c1C. The van der Waals surface area contributed by atoms with Crippen LogP contribution in [0.4, 0.5) is 0 Å². The van der Waals surface area contributed by atoms with Crippen LogP contribution in [0.15, 0.2) is 18.5 Å². The molecule has 0 unspecified atom stereocenters. The highest BCUT2D eigenvalue weighted by Crippen LogP contribution is 2.21. The lowest BCUT2D eigenvalue weighted by atomic mass is 10.0. The van der Waals surface area contributed by atoms with Gasteiger partial charge in [0.2, 0.25) is 0 Å². The van der Waals surface area contributed by atoms with Crippen LogP contribution < -0.4 is 0 Å².